The smallest absolute Gasteiger partial charge is 0.100 e. The molecule has 2 rings (SSSR count). The SMILES string of the molecule is CC1=CNC=NC1c1cc(C)sc1C. The van der Waals surface area contributed by atoms with E-state index in [1.165, 1.54) is 20.9 Å². The molecule has 1 aromatic rings. The van der Waals surface area contributed by atoms with Crippen LogP contribution in [0, 0.1) is 13.8 Å². The third-order valence-electron chi connectivity index (χ3n) is 2.41. The normalized spacial score (nSPS) is 20.5. The van der Waals surface area contributed by atoms with Gasteiger partial charge in [0.1, 0.15) is 6.04 Å². The van der Waals surface area contributed by atoms with Gasteiger partial charge in [0.2, 0.25) is 0 Å². The number of rotatable bonds is 1. The molecule has 0 fully saturated rings. The summed E-state index contributed by atoms with van der Waals surface area (Å²) in [5.41, 5.74) is 2.62. The molecule has 3 heteroatoms. The van der Waals surface area contributed by atoms with Crippen molar-refractivity contribution in [2.75, 3.05) is 0 Å². The minimum absolute atomic E-state index is 0.223. The van der Waals surface area contributed by atoms with Crippen molar-refractivity contribution in [2.45, 2.75) is 26.8 Å². The van der Waals surface area contributed by atoms with Gasteiger partial charge in [-0.05, 0) is 38.0 Å². The first-order valence-electron chi connectivity index (χ1n) is 4.70. The van der Waals surface area contributed by atoms with Crippen molar-refractivity contribution >= 4 is 17.7 Å². The van der Waals surface area contributed by atoms with E-state index in [-0.39, 0.29) is 6.04 Å². The maximum absolute atomic E-state index is 4.46. The van der Waals surface area contributed by atoms with Crippen molar-refractivity contribution in [1.29, 1.82) is 0 Å². The minimum atomic E-state index is 0.223. The van der Waals surface area contributed by atoms with Crippen LogP contribution in [0.4, 0.5) is 0 Å². The second kappa shape index (κ2) is 3.58. The predicted molar refractivity (Wildman–Crippen MR) is 61.9 cm³/mol. The number of hydrogen-bond acceptors (Lipinski definition) is 3. The fourth-order valence-corrected chi connectivity index (χ4v) is 2.69. The molecule has 1 atom stereocenters. The fourth-order valence-electron chi connectivity index (χ4n) is 1.73. The molecule has 2 heterocycles. The average molecular weight is 206 g/mol. The van der Waals surface area contributed by atoms with E-state index in [1.807, 2.05) is 17.5 Å². The van der Waals surface area contributed by atoms with Crippen LogP contribution in [0.5, 0.6) is 0 Å². The van der Waals surface area contributed by atoms with E-state index in [0.717, 1.165) is 0 Å². The van der Waals surface area contributed by atoms with Crippen LogP contribution in [0.3, 0.4) is 0 Å². The zero-order chi connectivity index (χ0) is 10.1. The lowest BCUT2D eigenvalue weighted by molar-refractivity contribution is 0.817. The Hall–Kier alpha value is -1.09. The Morgan fingerprint density at radius 1 is 1.36 bits per heavy atom. The average Bonchev–Trinajstić information content (AvgIpc) is 2.46. The Labute approximate surface area is 88.4 Å². The van der Waals surface area contributed by atoms with E-state index in [9.17, 15) is 0 Å². The molecule has 2 nitrogen and oxygen atoms in total. The highest BCUT2D eigenvalue weighted by Gasteiger charge is 2.17. The van der Waals surface area contributed by atoms with Crippen molar-refractivity contribution in [3.8, 4) is 0 Å². The highest BCUT2D eigenvalue weighted by Crippen LogP contribution is 2.33. The number of thiophene rings is 1. The van der Waals surface area contributed by atoms with Crippen LogP contribution in [-0.2, 0) is 0 Å². The zero-order valence-electron chi connectivity index (χ0n) is 8.66. The van der Waals surface area contributed by atoms with E-state index in [0.29, 0.717) is 0 Å². The largest absolute Gasteiger partial charge is 0.353 e. The number of aryl methyl sites for hydroxylation is 2. The molecular formula is C11H14N2S. The molecule has 0 spiro atoms. The summed E-state index contributed by atoms with van der Waals surface area (Å²) < 4.78 is 0. The molecule has 0 aromatic carbocycles. The van der Waals surface area contributed by atoms with Crippen LogP contribution in [0.15, 0.2) is 22.8 Å². The summed E-state index contributed by atoms with van der Waals surface area (Å²) in [7, 11) is 0. The maximum Gasteiger partial charge on any atom is 0.100 e. The lowest BCUT2D eigenvalue weighted by Crippen LogP contribution is -2.12. The first kappa shape index (κ1) is 9.46. The summed E-state index contributed by atoms with van der Waals surface area (Å²) in [6.07, 6.45) is 3.79. The first-order valence-corrected chi connectivity index (χ1v) is 5.51. The van der Waals surface area contributed by atoms with Gasteiger partial charge in [-0.25, -0.2) is 0 Å². The molecule has 0 saturated heterocycles. The van der Waals surface area contributed by atoms with Crippen LogP contribution in [0.1, 0.15) is 28.3 Å². The minimum Gasteiger partial charge on any atom is -0.353 e. The third-order valence-corrected chi connectivity index (χ3v) is 3.40. The molecule has 1 aromatic heterocycles. The Kier molecular flexibility index (Phi) is 2.42. The molecule has 0 amide bonds. The number of hydrogen-bond donors (Lipinski definition) is 1. The van der Waals surface area contributed by atoms with Crippen molar-refractivity contribution in [3.05, 3.63) is 33.2 Å². The summed E-state index contributed by atoms with van der Waals surface area (Å²) in [6, 6.07) is 2.46. The molecule has 0 saturated carbocycles. The van der Waals surface area contributed by atoms with Gasteiger partial charge in [0, 0.05) is 16.0 Å². The Balaban J connectivity index is 2.39. The summed E-state index contributed by atoms with van der Waals surface area (Å²) in [6.45, 7) is 6.42. The fraction of sp³-hybridized carbons (Fsp3) is 0.364. The topological polar surface area (TPSA) is 24.4 Å². The van der Waals surface area contributed by atoms with Gasteiger partial charge in [0.15, 0.2) is 0 Å². The van der Waals surface area contributed by atoms with Crippen molar-refractivity contribution < 1.29 is 0 Å². The third kappa shape index (κ3) is 1.60. The van der Waals surface area contributed by atoms with E-state index in [4.69, 9.17) is 0 Å². The standard InChI is InChI=1S/C11H14N2S/c1-7-5-12-6-13-11(7)10-4-8(2)14-9(10)3/h4-6,11H,1-3H3,(H,12,13). The van der Waals surface area contributed by atoms with Crippen LogP contribution < -0.4 is 5.32 Å². The molecule has 74 valence electrons. The van der Waals surface area contributed by atoms with Crippen molar-refractivity contribution in [1.82, 2.24) is 5.32 Å². The number of nitrogens with zero attached hydrogens (tertiary/aromatic N) is 1. The van der Waals surface area contributed by atoms with E-state index in [2.05, 4.69) is 37.1 Å². The highest BCUT2D eigenvalue weighted by atomic mass is 32.1. The summed E-state index contributed by atoms with van der Waals surface area (Å²) >= 11 is 1.84. The molecule has 0 aliphatic carbocycles. The van der Waals surface area contributed by atoms with Crippen LogP contribution in [0.2, 0.25) is 0 Å². The molecule has 1 unspecified atom stereocenters. The van der Waals surface area contributed by atoms with Crippen molar-refractivity contribution in [3.63, 3.8) is 0 Å². The molecule has 1 aliphatic heterocycles. The Morgan fingerprint density at radius 2 is 2.14 bits per heavy atom. The van der Waals surface area contributed by atoms with Crippen LogP contribution >= 0.6 is 11.3 Å². The van der Waals surface area contributed by atoms with Gasteiger partial charge in [0.05, 0.1) is 6.34 Å². The number of nitrogens with one attached hydrogen (secondary N) is 1. The van der Waals surface area contributed by atoms with Gasteiger partial charge >= 0.3 is 0 Å². The van der Waals surface area contributed by atoms with Crippen LogP contribution in [-0.4, -0.2) is 6.34 Å². The summed E-state index contributed by atoms with van der Waals surface area (Å²) in [4.78, 5) is 7.19. The second-order valence-corrected chi connectivity index (χ2v) is 5.06. The summed E-state index contributed by atoms with van der Waals surface area (Å²) in [5, 5.41) is 3.01. The van der Waals surface area contributed by atoms with Gasteiger partial charge in [-0.15, -0.1) is 11.3 Å². The lowest BCUT2D eigenvalue weighted by Gasteiger charge is -2.16. The zero-order valence-corrected chi connectivity index (χ0v) is 9.48. The van der Waals surface area contributed by atoms with Crippen molar-refractivity contribution in [2.24, 2.45) is 4.99 Å². The maximum atomic E-state index is 4.46. The number of aliphatic imine (C=N–C) groups is 1. The van der Waals surface area contributed by atoms with Crippen LogP contribution in [0.25, 0.3) is 0 Å². The van der Waals surface area contributed by atoms with E-state index < -0.39 is 0 Å². The molecule has 1 N–H and O–H groups in total. The first-order chi connectivity index (χ1) is 6.68. The predicted octanol–water partition coefficient (Wildman–Crippen LogP) is 2.94. The highest BCUT2D eigenvalue weighted by molar-refractivity contribution is 7.12. The quantitative estimate of drug-likeness (QED) is 0.750. The second-order valence-electron chi connectivity index (χ2n) is 3.60. The molecule has 0 radical (unpaired) electrons. The lowest BCUT2D eigenvalue weighted by atomic mass is 10.0. The van der Waals surface area contributed by atoms with E-state index >= 15 is 0 Å². The molecular weight excluding hydrogens is 192 g/mol. The van der Waals surface area contributed by atoms with Gasteiger partial charge in [-0.1, -0.05) is 0 Å². The van der Waals surface area contributed by atoms with E-state index in [1.54, 1.807) is 6.34 Å². The molecule has 14 heavy (non-hydrogen) atoms. The van der Waals surface area contributed by atoms with Gasteiger partial charge in [-0.2, -0.15) is 0 Å². The van der Waals surface area contributed by atoms with Gasteiger partial charge in [0.25, 0.3) is 0 Å². The summed E-state index contributed by atoms with van der Waals surface area (Å²) in [5.74, 6) is 0. The molecule has 0 bridgehead atoms. The monoisotopic (exact) mass is 206 g/mol. The van der Waals surface area contributed by atoms with Gasteiger partial charge in [-0.3, -0.25) is 4.99 Å². The van der Waals surface area contributed by atoms with Gasteiger partial charge < -0.3 is 5.32 Å². The Bertz CT molecular complexity index is 401. The molecule has 1 aliphatic rings. The Morgan fingerprint density at radius 3 is 2.71 bits per heavy atom.